The molecule has 134 valence electrons. The second kappa shape index (κ2) is 6.90. The minimum Gasteiger partial charge on any atom is -0.303 e. The third-order valence-electron chi connectivity index (χ3n) is 5.21. The molecule has 1 aromatic carbocycles. The van der Waals surface area contributed by atoms with Crippen molar-refractivity contribution >= 4 is 10.0 Å². The molecule has 0 amide bonds. The molecule has 1 atom stereocenters. The lowest BCUT2D eigenvalue weighted by atomic mass is 10.1. The van der Waals surface area contributed by atoms with Crippen molar-refractivity contribution in [2.75, 3.05) is 26.2 Å². The van der Waals surface area contributed by atoms with E-state index in [4.69, 9.17) is 0 Å². The van der Waals surface area contributed by atoms with Crippen molar-refractivity contribution in [1.29, 1.82) is 0 Å². The number of sulfonamides is 1. The Kier molecular flexibility index (Phi) is 4.62. The molecule has 0 N–H and O–H groups in total. The fourth-order valence-corrected chi connectivity index (χ4v) is 5.30. The molecule has 0 bridgehead atoms. The van der Waals surface area contributed by atoms with E-state index in [-0.39, 0.29) is 6.04 Å². The number of rotatable bonds is 5. The lowest BCUT2D eigenvalue weighted by Gasteiger charge is -2.34. The Morgan fingerprint density at radius 1 is 1.08 bits per heavy atom. The normalized spacial score (nSPS) is 22.2. The molecule has 2 aliphatic rings. The van der Waals surface area contributed by atoms with Gasteiger partial charge in [0.1, 0.15) is 0 Å². The smallest absolute Gasteiger partial charge is 0.243 e. The number of likely N-dealkylation sites (tertiary alicyclic amines) is 1. The molecule has 0 radical (unpaired) electrons. The van der Waals surface area contributed by atoms with Gasteiger partial charge in [-0.15, -0.1) is 0 Å². The summed E-state index contributed by atoms with van der Waals surface area (Å²) in [6, 6.07) is 10.7. The third-order valence-corrected chi connectivity index (χ3v) is 7.03. The van der Waals surface area contributed by atoms with Gasteiger partial charge in [0.25, 0.3) is 0 Å². The van der Waals surface area contributed by atoms with Gasteiger partial charge >= 0.3 is 0 Å². The van der Waals surface area contributed by atoms with Gasteiger partial charge in [-0.2, -0.15) is 9.40 Å². The van der Waals surface area contributed by atoms with Crippen LogP contribution in [-0.4, -0.2) is 53.6 Å². The maximum atomic E-state index is 13.0. The average Bonchev–Trinajstić information content (AvgIpc) is 3.31. The van der Waals surface area contributed by atoms with Crippen LogP contribution in [0.1, 0.15) is 31.0 Å². The summed E-state index contributed by atoms with van der Waals surface area (Å²) < 4.78 is 29.6. The summed E-state index contributed by atoms with van der Waals surface area (Å²) in [7, 11) is -3.47. The van der Waals surface area contributed by atoms with Crippen molar-refractivity contribution in [3.8, 4) is 0 Å². The molecule has 25 heavy (non-hydrogen) atoms. The van der Waals surface area contributed by atoms with Crippen LogP contribution in [0.2, 0.25) is 0 Å². The Hall–Kier alpha value is -1.70. The van der Waals surface area contributed by atoms with E-state index in [1.807, 2.05) is 16.8 Å². The monoisotopic (exact) mass is 360 g/mol. The van der Waals surface area contributed by atoms with E-state index in [1.165, 1.54) is 12.8 Å². The molecular formula is C18H24N4O2S. The van der Waals surface area contributed by atoms with Crippen molar-refractivity contribution in [1.82, 2.24) is 19.0 Å². The molecule has 6 nitrogen and oxygen atoms in total. The van der Waals surface area contributed by atoms with Crippen molar-refractivity contribution in [2.24, 2.45) is 0 Å². The summed E-state index contributed by atoms with van der Waals surface area (Å²) in [5, 5.41) is 4.45. The summed E-state index contributed by atoms with van der Waals surface area (Å²) in [5.41, 5.74) is 0.970. The van der Waals surface area contributed by atoms with Crippen molar-refractivity contribution in [2.45, 2.75) is 36.7 Å². The average molecular weight is 360 g/mol. The highest BCUT2D eigenvalue weighted by Gasteiger charge is 2.33. The first-order valence-electron chi connectivity index (χ1n) is 8.94. The number of benzene rings is 1. The lowest BCUT2D eigenvalue weighted by molar-refractivity contribution is 0.226. The number of hydrogen-bond acceptors (Lipinski definition) is 4. The van der Waals surface area contributed by atoms with E-state index in [0.717, 1.165) is 31.7 Å². The zero-order chi connectivity index (χ0) is 17.3. The predicted octanol–water partition coefficient (Wildman–Crippen LogP) is 2.11. The van der Waals surface area contributed by atoms with Gasteiger partial charge in [-0.3, -0.25) is 4.68 Å². The molecule has 0 saturated carbocycles. The van der Waals surface area contributed by atoms with Crippen LogP contribution in [0.3, 0.4) is 0 Å². The van der Waals surface area contributed by atoms with E-state index in [9.17, 15) is 8.42 Å². The van der Waals surface area contributed by atoms with Gasteiger partial charge in [0.2, 0.25) is 10.0 Å². The van der Waals surface area contributed by atoms with Gasteiger partial charge in [-0.1, -0.05) is 18.2 Å². The number of fused-ring (bicyclic) bond motifs is 1. The summed E-state index contributed by atoms with van der Waals surface area (Å²) in [4.78, 5) is 2.83. The number of aromatic nitrogens is 2. The molecule has 7 heteroatoms. The van der Waals surface area contributed by atoms with E-state index < -0.39 is 10.0 Å². The molecule has 1 saturated heterocycles. The number of hydrogen-bond donors (Lipinski definition) is 0. The Morgan fingerprint density at radius 2 is 1.84 bits per heavy atom. The summed E-state index contributed by atoms with van der Waals surface area (Å²) in [6.45, 7) is 4.19. The van der Waals surface area contributed by atoms with Crippen LogP contribution >= 0.6 is 0 Å². The maximum absolute atomic E-state index is 13.0. The van der Waals surface area contributed by atoms with Gasteiger partial charge in [-0.25, -0.2) is 8.42 Å². The maximum Gasteiger partial charge on any atom is 0.243 e. The fraction of sp³-hybridized carbons (Fsp3) is 0.500. The molecule has 0 unspecified atom stereocenters. The van der Waals surface area contributed by atoms with Crippen LogP contribution in [-0.2, 0) is 16.6 Å². The highest BCUT2D eigenvalue weighted by Crippen LogP contribution is 2.28. The van der Waals surface area contributed by atoms with E-state index in [0.29, 0.717) is 18.0 Å². The molecular weight excluding hydrogens is 336 g/mol. The van der Waals surface area contributed by atoms with Crippen LogP contribution in [0, 0.1) is 0 Å². The summed E-state index contributed by atoms with van der Waals surface area (Å²) in [6.07, 6.45) is 5.24. The van der Waals surface area contributed by atoms with Crippen molar-refractivity contribution in [3.63, 3.8) is 0 Å². The van der Waals surface area contributed by atoms with Gasteiger partial charge in [-0.05, 0) is 50.6 Å². The minimum absolute atomic E-state index is 0.0952. The molecule has 0 aliphatic carbocycles. The standard InChI is InChI=1S/C18H24N4O2S/c23-25(24,18-6-2-1-3-7-18)21-14-16-8-10-19-22(16)17(15-21)9-13-20-11-4-5-12-20/h1-3,6-8,10,17H,4-5,9,11-15H2/t17-/m0/s1. The fourth-order valence-electron chi connectivity index (χ4n) is 3.83. The summed E-state index contributed by atoms with van der Waals surface area (Å²) in [5.74, 6) is 0. The zero-order valence-corrected chi connectivity index (χ0v) is 15.1. The largest absolute Gasteiger partial charge is 0.303 e. The van der Waals surface area contributed by atoms with E-state index >= 15 is 0 Å². The molecule has 2 aliphatic heterocycles. The Morgan fingerprint density at radius 3 is 2.60 bits per heavy atom. The van der Waals surface area contributed by atoms with Crippen LogP contribution < -0.4 is 0 Å². The molecule has 2 aromatic rings. The first-order chi connectivity index (χ1) is 12.1. The van der Waals surface area contributed by atoms with Crippen molar-refractivity contribution < 1.29 is 8.42 Å². The number of nitrogens with zero attached hydrogens (tertiary/aromatic N) is 4. The summed E-state index contributed by atoms with van der Waals surface area (Å²) >= 11 is 0. The SMILES string of the molecule is O=S(=O)(c1ccccc1)N1Cc2ccnn2[C@@H](CCN2CCCC2)C1. The van der Waals surface area contributed by atoms with Gasteiger partial charge in [0, 0.05) is 19.3 Å². The highest BCUT2D eigenvalue weighted by molar-refractivity contribution is 7.89. The molecule has 3 heterocycles. The second-order valence-electron chi connectivity index (χ2n) is 6.87. The van der Waals surface area contributed by atoms with E-state index in [1.54, 1.807) is 34.8 Å². The minimum atomic E-state index is -3.47. The highest BCUT2D eigenvalue weighted by atomic mass is 32.2. The predicted molar refractivity (Wildman–Crippen MR) is 95.6 cm³/mol. The van der Waals surface area contributed by atoms with E-state index in [2.05, 4.69) is 10.00 Å². The van der Waals surface area contributed by atoms with Crippen molar-refractivity contribution in [3.05, 3.63) is 48.3 Å². The molecule has 4 rings (SSSR count). The van der Waals surface area contributed by atoms with Crippen LogP contribution in [0.15, 0.2) is 47.5 Å². The molecule has 1 fully saturated rings. The quantitative estimate of drug-likeness (QED) is 0.819. The molecule has 1 aromatic heterocycles. The van der Waals surface area contributed by atoms with Gasteiger partial charge in [0.05, 0.1) is 23.2 Å². The molecule has 0 spiro atoms. The van der Waals surface area contributed by atoms with Crippen LogP contribution in [0.25, 0.3) is 0 Å². The van der Waals surface area contributed by atoms with Gasteiger partial charge in [0.15, 0.2) is 0 Å². The third kappa shape index (κ3) is 3.36. The first-order valence-corrected chi connectivity index (χ1v) is 10.4. The Balaban J connectivity index is 1.55. The van der Waals surface area contributed by atoms with Gasteiger partial charge < -0.3 is 4.90 Å². The topological polar surface area (TPSA) is 58.4 Å². The van der Waals surface area contributed by atoms with Crippen LogP contribution in [0.5, 0.6) is 0 Å². The Bertz CT molecular complexity index is 813. The lowest BCUT2D eigenvalue weighted by Crippen LogP contribution is -2.42. The first kappa shape index (κ1) is 16.8. The van der Waals surface area contributed by atoms with Crippen LogP contribution in [0.4, 0.5) is 0 Å². The zero-order valence-electron chi connectivity index (χ0n) is 14.3. The Labute approximate surface area is 149 Å². The second-order valence-corrected chi connectivity index (χ2v) is 8.81.